The number of anilines is 1. The smallest absolute Gasteiger partial charge is 0.246 e. The standard InChI is InChI=1S/C26H33N5OS/c1-4-21(19-11-8-7-9-12-19)29-25-24-20-14-16-31(17-22(20)33-26(24)28-18-27-25)23(32)13-10-15-30(5-2)6-3/h7-13,18,21H,4-6,14-17H2,1-3H3,(H,27,28,29)/b13-10+/t21-/m1/s1. The van der Waals surface area contributed by atoms with E-state index in [1.807, 2.05) is 17.0 Å². The van der Waals surface area contributed by atoms with Crippen molar-refractivity contribution in [1.29, 1.82) is 0 Å². The van der Waals surface area contributed by atoms with Crippen molar-refractivity contribution in [3.63, 3.8) is 0 Å². The van der Waals surface area contributed by atoms with E-state index in [4.69, 9.17) is 0 Å². The van der Waals surface area contributed by atoms with Gasteiger partial charge in [0.05, 0.1) is 18.0 Å². The van der Waals surface area contributed by atoms with Crippen LogP contribution in [0.15, 0.2) is 48.8 Å². The van der Waals surface area contributed by atoms with Gasteiger partial charge >= 0.3 is 0 Å². The summed E-state index contributed by atoms with van der Waals surface area (Å²) in [5.41, 5.74) is 2.54. The normalized spacial score (nSPS) is 14.7. The van der Waals surface area contributed by atoms with Crippen LogP contribution in [0.2, 0.25) is 0 Å². The van der Waals surface area contributed by atoms with Gasteiger partial charge in [0.1, 0.15) is 17.0 Å². The van der Waals surface area contributed by atoms with E-state index in [-0.39, 0.29) is 11.9 Å². The second kappa shape index (κ2) is 10.9. The van der Waals surface area contributed by atoms with Crippen LogP contribution >= 0.6 is 11.3 Å². The van der Waals surface area contributed by atoms with Gasteiger partial charge < -0.3 is 15.1 Å². The molecular weight excluding hydrogens is 430 g/mol. The summed E-state index contributed by atoms with van der Waals surface area (Å²) < 4.78 is 0. The molecule has 3 aromatic rings. The Balaban J connectivity index is 1.52. The molecule has 0 fully saturated rings. The number of hydrogen-bond donors (Lipinski definition) is 1. The van der Waals surface area contributed by atoms with Crippen molar-refractivity contribution in [2.45, 2.75) is 46.2 Å². The van der Waals surface area contributed by atoms with Gasteiger partial charge in [-0.3, -0.25) is 4.79 Å². The summed E-state index contributed by atoms with van der Waals surface area (Å²) >= 11 is 1.68. The van der Waals surface area contributed by atoms with Gasteiger partial charge in [-0.1, -0.05) is 57.2 Å². The highest BCUT2D eigenvalue weighted by Gasteiger charge is 2.26. The molecule has 0 aliphatic carbocycles. The van der Waals surface area contributed by atoms with Crippen molar-refractivity contribution in [2.24, 2.45) is 0 Å². The van der Waals surface area contributed by atoms with Crippen LogP contribution in [0.3, 0.4) is 0 Å². The van der Waals surface area contributed by atoms with Crippen molar-refractivity contribution >= 4 is 33.3 Å². The van der Waals surface area contributed by atoms with E-state index in [1.165, 1.54) is 16.0 Å². The summed E-state index contributed by atoms with van der Waals surface area (Å²) in [5, 5.41) is 4.79. The molecule has 4 rings (SSSR count). The van der Waals surface area contributed by atoms with E-state index >= 15 is 0 Å². The number of carbonyl (C=O) groups is 1. The lowest BCUT2D eigenvalue weighted by Crippen LogP contribution is -2.34. The number of amides is 1. The molecule has 1 aliphatic rings. The van der Waals surface area contributed by atoms with Crippen molar-refractivity contribution in [3.05, 3.63) is 64.8 Å². The highest BCUT2D eigenvalue weighted by atomic mass is 32.1. The molecule has 1 amide bonds. The zero-order valence-electron chi connectivity index (χ0n) is 19.8. The van der Waals surface area contributed by atoms with Gasteiger partial charge in [-0.05, 0) is 37.1 Å². The molecule has 0 saturated carbocycles. The summed E-state index contributed by atoms with van der Waals surface area (Å²) in [6, 6.07) is 10.7. The van der Waals surface area contributed by atoms with Crippen LogP contribution in [0.25, 0.3) is 10.2 Å². The number of carbonyl (C=O) groups excluding carboxylic acids is 1. The van der Waals surface area contributed by atoms with E-state index in [0.717, 1.165) is 55.1 Å². The molecule has 1 N–H and O–H groups in total. The number of fused-ring (bicyclic) bond motifs is 3. The van der Waals surface area contributed by atoms with Crippen molar-refractivity contribution < 1.29 is 4.79 Å². The molecule has 2 aromatic heterocycles. The van der Waals surface area contributed by atoms with Gasteiger partial charge in [0.2, 0.25) is 5.91 Å². The second-order valence-corrected chi connectivity index (χ2v) is 9.40. The topological polar surface area (TPSA) is 61.4 Å². The minimum Gasteiger partial charge on any atom is -0.363 e. The summed E-state index contributed by atoms with van der Waals surface area (Å²) in [4.78, 5) is 28.4. The SMILES string of the molecule is CC[C@@H](Nc1ncnc2sc3c(c12)CCN(C(=O)/C=C/CN(CC)CC)C3)c1ccccc1. The number of benzene rings is 1. The van der Waals surface area contributed by atoms with Crippen molar-refractivity contribution in [1.82, 2.24) is 19.8 Å². The first kappa shape index (κ1) is 23.4. The molecule has 1 aliphatic heterocycles. The molecule has 174 valence electrons. The molecular formula is C26H33N5OS. The van der Waals surface area contributed by atoms with Crippen LogP contribution in [-0.4, -0.2) is 51.9 Å². The number of thiophene rings is 1. The quantitative estimate of drug-likeness (QED) is 0.451. The fourth-order valence-corrected chi connectivity index (χ4v) is 5.59. The minimum atomic E-state index is 0.0878. The Labute approximate surface area is 200 Å². The maximum Gasteiger partial charge on any atom is 0.246 e. The maximum atomic E-state index is 12.8. The second-order valence-electron chi connectivity index (χ2n) is 8.32. The first-order chi connectivity index (χ1) is 16.1. The Morgan fingerprint density at radius 3 is 2.73 bits per heavy atom. The Morgan fingerprint density at radius 1 is 1.21 bits per heavy atom. The van der Waals surface area contributed by atoms with Gasteiger partial charge in [0.25, 0.3) is 0 Å². The highest BCUT2D eigenvalue weighted by Crippen LogP contribution is 2.38. The predicted molar refractivity (Wildman–Crippen MR) is 137 cm³/mol. The molecule has 3 heterocycles. The molecule has 0 radical (unpaired) electrons. The van der Waals surface area contributed by atoms with E-state index in [9.17, 15) is 4.79 Å². The van der Waals surface area contributed by atoms with Crippen LogP contribution in [0.1, 0.15) is 49.2 Å². The van der Waals surface area contributed by atoms with Crippen molar-refractivity contribution in [2.75, 3.05) is 31.5 Å². The van der Waals surface area contributed by atoms with Crippen LogP contribution < -0.4 is 5.32 Å². The van der Waals surface area contributed by atoms with Crippen LogP contribution in [-0.2, 0) is 17.8 Å². The highest BCUT2D eigenvalue weighted by molar-refractivity contribution is 7.19. The van der Waals surface area contributed by atoms with Crippen molar-refractivity contribution in [3.8, 4) is 0 Å². The molecule has 1 atom stereocenters. The Bertz CT molecular complexity index is 1110. The van der Waals surface area contributed by atoms with Gasteiger partial charge in [-0.15, -0.1) is 11.3 Å². The number of nitrogens with zero attached hydrogens (tertiary/aromatic N) is 4. The third-order valence-electron chi connectivity index (χ3n) is 6.39. The Kier molecular flexibility index (Phi) is 7.73. The lowest BCUT2D eigenvalue weighted by molar-refractivity contribution is -0.126. The molecule has 0 saturated heterocycles. The third-order valence-corrected chi connectivity index (χ3v) is 7.51. The molecule has 7 heteroatoms. The largest absolute Gasteiger partial charge is 0.363 e. The number of hydrogen-bond acceptors (Lipinski definition) is 6. The number of aromatic nitrogens is 2. The van der Waals surface area contributed by atoms with Gasteiger partial charge in [0.15, 0.2) is 0 Å². The fourth-order valence-electron chi connectivity index (χ4n) is 4.39. The molecule has 6 nitrogen and oxygen atoms in total. The zero-order valence-corrected chi connectivity index (χ0v) is 20.6. The predicted octanol–water partition coefficient (Wildman–Crippen LogP) is 5.04. The zero-order chi connectivity index (χ0) is 23.2. The summed E-state index contributed by atoms with van der Waals surface area (Å²) in [5.74, 6) is 0.983. The fraction of sp³-hybridized carbons (Fsp3) is 0.423. The van der Waals surface area contributed by atoms with E-state index in [0.29, 0.717) is 6.54 Å². The molecule has 0 spiro atoms. The first-order valence-corrected chi connectivity index (χ1v) is 12.7. The molecule has 1 aromatic carbocycles. The van der Waals surface area contributed by atoms with E-state index in [2.05, 4.69) is 65.2 Å². The lowest BCUT2D eigenvalue weighted by atomic mass is 10.0. The third kappa shape index (κ3) is 5.25. The molecule has 33 heavy (non-hydrogen) atoms. The molecule has 0 bridgehead atoms. The minimum absolute atomic E-state index is 0.0878. The van der Waals surface area contributed by atoms with Gasteiger partial charge in [-0.2, -0.15) is 0 Å². The Morgan fingerprint density at radius 2 is 2.00 bits per heavy atom. The Hall–Kier alpha value is -2.77. The number of rotatable bonds is 9. The van der Waals surface area contributed by atoms with E-state index in [1.54, 1.807) is 23.7 Å². The van der Waals surface area contributed by atoms with Crippen LogP contribution in [0.5, 0.6) is 0 Å². The van der Waals surface area contributed by atoms with Gasteiger partial charge in [-0.25, -0.2) is 9.97 Å². The summed E-state index contributed by atoms with van der Waals surface area (Å²) in [6.07, 6.45) is 7.15. The summed E-state index contributed by atoms with van der Waals surface area (Å²) in [6.45, 7) is 10.6. The maximum absolute atomic E-state index is 12.8. The van der Waals surface area contributed by atoms with Crippen LogP contribution in [0, 0.1) is 0 Å². The van der Waals surface area contributed by atoms with Crippen LogP contribution in [0.4, 0.5) is 5.82 Å². The average molecular weight is 464 g/mol. The molecule has 0 unspecified atom stereocenters. The number of nitrogens with one attached hydrogen (secondary N) is 1. The summed E-state index contributed by atoms with van der Waals surface area (Å²) in [7, 11) is 0. The average Bonchev–Trinajstić information content (AvgIpc) is 3.24. The van der Waals surface area contributed by atoms with E-state index < -0.39 is 0 Å². The first-order valence-electron chi connectivity index (χ1n) is 11.9. The van der Waals surface area contributed by atoms with Gasteiger partial charge in [0, 0.05) is 24.0 Å². The number of likely N-dealkylation sites (N-methyl/N-ethyl adjacent to an activating group) is 1. The lowest BCUT2D eigenvalue weighted by Gasteiger charge is -2.26. The monoisotopic (exact) mass is 463 g/mol.